The smallest absolute Gasteiger partial charge is 0.245 e. The number of rotatable bonds is 3. The third-order valence-corrected chi connectivity index (χ3v) is 3.36. The highest BCUT2D eigenvalue weighted by Crippen LogP contribution is 2.34. The average Bonchev–Trinajstić information content (AvgIpc) is 2.47. The quantitative estimate of drug-likeness (QED) is 0.686. The largest absolute Gasteiger partial charge is 0.507 e. The first-order chi connectivity index (χ1) is 9.75. The molecule has 1 amide bonds. The zero-order chi connectivity index (χ0) is 13.9. The summed E-state index contributed by atoms with van der Waals surface area (Å²) < 4.78 is 0. The van der Waals surface area contributed by atoms with Gasteiger partial charge in [0.05, 0.1) is 18.7 Å². The first-order valence-corrected chi connectivity index (χ1v) is 6.44. The van der Waals surface area contributed by atoms with Crippen LogP contribution in [0.5, 0.6) is 5.75 Å². The molecule has 3 rings (SSSR count). The van der Waals surface area contributed by atoms with E-state index in [-0.39, 0.29) is 17.7 Å². The van der Waals surface area contributed by atoms with Gasteiger partial charge in [-0.25, -0.2) is 5.01 Å². The topological polar surface area (TPSA) is 52.9 Å². The standard InChI is InChI=1S/C16H14N2O2/c19-15-9-5-4-8-13(15)11-17-18-14(10-16(18)20)12-6-2-1-3-7-12/h1-9,11,14,19H,10H2/b17-11-/t14-/m0/s1. The van der Waals surface area contributed by atoms with Gasteiger partial charge in [-0.3, -0.25) is 4.79 Å². The fourth-order valence-electron chi connectivity index (χ4n) is 2.21. The molecule has 1 N–H and O–H groups in total. The van der Waals surface area contributed by atoms with Crippen molar-refractivity contribution in [2.75, 3.05) is 0 Å². The first kappa shape index (κ1) is 12.4. The number of hydrogen-bond acceptors (Lipinski definition) is 3. The van der Waals surface area contributed by atoms with Gasteiger partial charge in [0.2, 0.25) is 5.91 Å². The maximum atomic E-state index is 11.7. The molecule has 20 heavy (non-hydrogen) atoms. The lowest BCUT2D eigenvalue weighted by atomic mass is 9.96. The molecular weight excluding hydrogens is 252 g/mol. The van der Waals surface area contributed by atoms with Crippen molar-refractivity contribution in [1.29, 1.82) is 0 Å². The molecule has 1 fully saturated rings. The summed E-state index contributed by atoms with van der Waals surface area (Å²) in [5, 5.41) is 15.3. The zero-order valence-electron chi connectivity index (χ0n) is 10.8. The Balaban J connectivity index is 1.80. The normalized spacial score (nSPS) is 18.3. The van der Waals surface area contributed by atoms with Gasteiger partial charge < -0.3 is 5.11 Å². The summed E-state index contributed by atoms with van der Waals surface area (Å²) in [5.41, 5.74) is 1.67. The van der Waals surface area contributed by atoms with Gasteiger partial charge in [0, 0.05) is 5.56 Å². The summed E-state index contributed by atoms with van der Waals surface area (Å²) in [6, 6.07) is 16.7. The van der Waals surface area contributed by atoms with Gasteiger partial charge in [-0.05, 0) is 17.7 Å². The number of amides is 1. The summed E-state index contributed by atoms with van der Waals surface area (Å²) in [4.78, 5) is 11.7. The second-order valence-corrected chi connectivity index (χ2v) is 4.67. The number of β-lactam (4-membered cyclic amide) rings is 1. The van der Waals surface area contributed by atoms with Gasteiger partial charge in [-0.2, -0.15) is 5.10 Å². The van der Waals surface area contributed by atoms with Crippen LogP contribution in [-0.4, -0.2) is 22.2 Å². The van der Waals surface area contributed by atoms with Gasteiger partial charge in [-0.1, -0.05) is 42.5 Å². The minimum absolute atomic E-state index is 0.00851. The third kappa shape index (κ3) is 2.28. The molecule has 0 bridgehead atoms. The molecule has 0 aromatic heterocycles. The molecule has 0 saturated carbocycles. The summed E-state index contributed by atoms with van der Waals surface area (Å²) >= 11 is 0. The van der Waals surface area contributed by atoms with Crippen molar-refractivity contribution in [2.45, 2.75) is 12.5 Å². The molecule has 100 valence electrons. The van der Waals surface area contributed by atoms with Gasteiger partial charge in [0.25, 0.3) is 0 Å². The van der Waals surface area contributed by atoms with Crippen LogP contribution in [0.25, 0.3) is 0 Å². The van der Waals surface area contributed by atoms with E-state index in [0.29, 0.717) is 12.0 Å². The minimum atomic E-state index is -0.00877. The Bertz CT molecular complexity index is 653. The van der Waals surface area contributed by atoms with E-state index in [2.05, 4.69) is 5.10 Å². The van der Waals surface area contributed by atoms with E-state index in [0.717, 1.165) is 5.56 Å². The number of hydrogen-bond donors (Lipinski definition) is 1. The molecule has 0 aliphatic carbocycles. The van der Waals surface area contributed by atoms with Crippen LogP contribution in [0.4, 0.5) is 0 Å². The van der Waals surface area contributed by atoms with Crippen LogP contribution in [0.15, 0.2) is 59.7 Å². The Morgan fingerprint density at radius 3 is 2.50 bits per heavy atom. The Kier molecular flexibility index (Phi) is 3.21. The van der Waals surface area contributed by atoms with Crippen molar-refractivity contribution in [3.8, 4) is 5.75 Å². The van der Waals surface area contributed by atoms with E-state index >= 15 is 0 Å². The molecule has 0 spiro atoms. The monoisotopic (exact) mass is 266 g/mol. The van der Waals surface area contributed by atoms with E-state index in [4.69, 9.17) is 0 Å². The maximum absolute atomic E-state index is 11.7. The Morgan fingerprint density at radius 1 is 1.10 bits per heavy atom. The number of benzene rings is 2. The Labute approximate surface area is 117 Å². The number of hydrazone groups is 1. The molecule has 0 unspecified atom stereocenters. The van der Waals surface area contributed by atoms with E-state index in [9.17, 15) is 9.90 Å². The van der Waals surface area contributed by atoms with Crippen LogP contribution in [-0.2, 0) is 4.79 Å². The number of nitrogens with zero attached hydrogens (tertiary/aromatic N) is 2. The fourth-order valence-corrected chi connectivity index (χ4v) is 2.21. The molecule has 4 heteroatoms. The van der Waals surface area contributed by atoms with Gasteiger partial charge >= 0.3 is 0 Å². The average molecular weight is 266 g/mol. The number of phenols is 1. The van der Waals surface area contributed by atoms with Crippen LogP contribution in [0.3, 0.4) is 0 Å². The van der Waals surface area contributed by atoms with Gasteiger partial charge in [0.15, 0.2) is 0 Å². The third-order valence-electron chi connectivity index (χ3n) is 3.36. The van der Waals surface area contributed by atoms with E-state index in [1.165, 1.54) is 11.2 Å². The second kappa shape index (κ2) is 5.17. The Morgan fingerprint density at radius 2 is 1.80 bits per heavy atom. The van der Waals surface area contributed by atoms with Crippen molar-refractivity contribution in [3.63, 3.8) is 0 Å². The SMILES string of the molecule is O=C1C[C@@H](c2ccccc2)N1/N=C\c1ccccc1O. The van der Waals surface area contributed by atoms with Crippen molar-refractivity contribution in [1.82, 2.24) is 5.01 Å². The zero-order valence-corrected chi connectivity index (χ0v) is 10.8. The van der Waals surface area contributed by atoms with Crippen LogP contribution in [0.1, 0.15) is 23.6 Å². The summed E-state index contributed by atoms with van der Waals surface area (Å²) in [7, 11) is 0. The summed E-state index contributed by atoms with van der Waals surface area (Å²) in [6.45, 7) is 0. The second-order valence-electron chi connectivity index (χ2n) is 4.67. The lowest BCUT2D eigenvalue weighted by Crippen LogP contribution is -2.42. The number of carbonyl (C=O) groups excluding carboxylic acids is 1. The lowest BCUT2D eigenvalue weighted by Gasteiger charge is -2.36. The van der Waals surface area contributed by atoms with Crippen LogP contribution in [0.2, 0.25) is 0 Å². The van der Waals surface area contributed by atoms with E-state index < -0.39 is 0 Å². The van der Waals surface area contributed by atoms with Gasteiger partial charge in [-0.15, -0.1) is 0 Å². The van der Waals surface area contributed by atoms with E-state index in [1.54, 1.807) is 18.2 Å². The highest BCUT2D eigenvalue weighted by molar-refractivity contribution is 5.87. The number of para-hydroxylation sites is 1. The number of phenolic OH excluding ortho intramolecular Hbond substituents is 1. The molecule has 1 aliphatic heterocycles. The molecule has 1 atom stereocenters. The molecule has 1 saturated heterocycles. The highest BCUT2D eigenvalue weighted by Gasteiger charge is 2.37. The predicted molar refractivity (Wildman–Crippen MR) is 76.3 cm³/mol. The van der Waals surface area contributed by atoms with Crippen LogP contribution < -0.4 is 0 Å². The fraction of sp³-hybridized carbons (Fsp3) is 0.125. The van der Waals surface area contributed by atoms with Crippen LogP contribution >= 0.6 is 0 Å². The van der Waals surface area contributed by atoms with E-state index in [1.807, 2.05) is 36.4 Å². The highest BCUT2D eigenvalue weighted by atomic mass is 16.3. The first-order valence-electron chi connectivity index (χ1n) is 6.44. The van der Waals surface area contributed by atoms with Crippen molar-refractivity contribution < 1.29 is 9.90 Å². The lowest BCUT2D eigenvalue weighted by molar-refractivity contribution is -0.146. The Hall–Kier alpha value is -2.62. The number of carbonyl (C=O) groups is 1. The molecule has 4 nitrogen and oxygen atoms in total. The molecule has 1 heterocycles. The minimum Gasteiger partial charge on any atom is -0.507 e. The van der Waals surface area contributed by atoms with Crippen molar-refractivity contribution in [2.24, 2.45) is 5.10 Å². The molecule has 2 aromatic rings. The maximum Gasteiger partial charge on any atom is 0.245 e. The van der Waals surface area contributed by atoms with Crippen molar-refractivity contribution in [3.05, 3.63) is 65.7 Å². The summed E-state index contributed by atoms with van der Waals surface area (Å²) in [6.07, 6.45) is 1.99. The summed E-state index contributed by atoms with van der Waals surface area (Å²) in [5.74, 6) is 0.144. The predicted octanol–water partition coefficient (Wildman–Crippen LogP) is 2.70. The van der Waals surface area contributed by atoms with Crippen molar-refractivity contribution >= 4 is 12.1 Å². The molecular formula is C16H14N2O2. The molecule has 0 radical (unpaired) electrons. The molecule has 2 aromatic carbocycles. The number of aromatic hydroxyl groups is 1. The molecule has 1 aliphatic rings. The van der Waals surface area contributed by atoms with Crippen LogP contribution in [0, 0.1) is 0 Å². The van der Waals surface area contributed by atoms with Gasteiger partial charge in [0.1, 0.15) is 5.75 Å².